The van der Waals surface area contributed by atoms with E-state index in [0.29, 0.717) is 12.1 Å². The van der Waals surface area contributed by atoms with Gasteiger partial charge < -0.3 is 13.6 Å². The monoisotopic (exact) mass is 294 g/mol. The second kappa shape index (κ2) is 6.04. The normalized spacial score (nSPS) is 12.5. The molecule has 1 aromatic carbocycles. The predicted octanol–water partition coefficient (Wildman–Crippen LogP) is 2.09. The van der Waals surface area contributed by atoms with Gasteiger partial charge in [-0.05, 0) is 33.8 Å². The topological polar surface area (TPSA) is 38.7 Å². The van der Waals surface area contributed by atoms with Crippen molar-refractivity contribution < 1.29 is 26.8 Å². The van der Waals surface area contributed by atoms with Crippen molar-refractivity contribution >= 4 is 14.0 Å². The van der Waals surface area contributed by atoms with Crippen LogP contribution >= 0.6 is 0 Å². The van der Waals surface area contributed by atoms with Gasteiger partial charge in [-0.2, -0.15) is 0 Å². The Balaban J connectivity index is 3.28. The van der Waals surface area contributed by atoms with Crippen LogP contribution in [-0.2, 0) is 8.85 Å². The first-order valence-corrected chi connectivity index (χ1v) is 7.65. The van der Waals surface area contributed by atoms with Crippen molar-refractivity contribution in [2.24, 2.45) is 0 Å². The zero-order valence-electron chi connectivity index (χ0n) is 11.2. The summed E-state index contributed by atoms with van der Waals surface area (Å²) < 4.78 is 50.4. The lowest BCUT2D eigenvalue weighted by molar-refractivity contribution is 0.0598. The lowest BCUT2D eigenvalue weighted by Crippen LogP contribution is -2.58. The number of hydrogen-bond donors (Lipinski definition) is 1. The summed E-state index contributed by atoms with van der Waals surface area (Å²) in [6.07, 6.45) is -0.911. The third-order valence-corrected chi connectivity index (χ3v) is 4.79. The lowest BCUT2D eigenvalue weighted by atomic mass is 10.3. The standard InChI is InChI=1S/C12H17F3O3Si/c1-7(2)17-19(16,18-8(3)4)12-6-10(14)9(13)5-11(12)15/h5-8,16H,1-4H3. The molecule has 0 atom stereocenters. The number of benzene rings is 1. The van der Waals surface area contributed by atoms with E-state index in [9.17, 15) is 18.0 Å². The summed E-state index contributed by atoms with van der Waals surface area (Å²) in [6.45, 7) is 6.50. The maximum absolute atomic E-state index is 13.7. The molecule has 7 heteroatoms. The Bertz CT molecular complexity index is 442. The molecule has 108 valence electrons. The molecule has 0 aliphatic carbocycles. The van der Waals surface area contributed by atoms with Crippen molar-refractivity contribution in [2.45, 2.75) is 39.9 Å². The van der Waals surface area contributed by atoms with Crippen LogP contribution in [0.5, 0.6) is 0 Å². The average Bonchev–Trinajstić information content (AvgIpc) is 2.20. The summed E-state index contributed by atoms with van der Waals surface area (Å²) in [6, 6.07) is 0.956. The maximum Gasteiger partial charge on any atom is 0.538 e. The summed E-state index contributed by atoms with van der Waals surface area (Å²) in [5, 5.41) is -0.464. The molecule has 1 N–H and O–H groups in total. The zero-order chi connectivity index (χ0) is 14.8. The Morgan fingerprint density at radius 3 is 1.74 bits per heavy atom. The number of rotatable bonds is 5. The molecule has 0 aromatic heterocycles. The van der Waals surface area contributed by atoms with Crippen LogP contribution in [0.1, 0.15) is 27.7 Å². The van der Waals surface area contributed by atoms with Crippen LogP contribution in [0.15, 0.2) is 12.1 Å². The molecule has 0 saturated carbocycles. The van der Waals surface area contributed by atoms with Crippen molar-refractivity contribution in [1.82, 2.24) is 0 Å². The Hall–Kier alpha value is -0.893. The van der Waals surface area contributed by atoms with Gasteiger partial charge in [-0.25, -0.2) is 13.2 Å². The maximum atomic E-state index is 13.7. The number of hydrogen-bond acceptors (Lipinski definition) is 3. The highest BCUT2D eigenvalue weighted by molar-refractivity contribution is 6.74. The summed E-state index contributed by atoms with van der Waals surface area (Å²) >= 11 is 0. The molecular formula is C12H17F3O3Si. The molecule has 1 rings (SSSR count). The van der Waals surface area contributed by atoms with Gasteiger partial charge >= 0.3 is 8.80 Å². The third kappa shape index (κ3) is 4.03. The first-order chi connectivity index (χ1) is 8.65. The van der Waals surface area contributed by atoms with Gasteiger partial charge in [0, 0.05) is 18.3 Å². The predicted molar refractivity (Wildman–Crippen MR) is 66.4 cm³/mol. The van der Waals surface area contributed by atoms with Crippen molar-refractivity contribution in [3.8, 4) is 0 Å². The molecule has 0 amide bonds. The highest BCUT2D eigenvalue weighted by atomic mass is 28.4. The second-order valence-electron chi connectivity index (χ2n) is 4.66. The van der Waals surface area contributed by atoms with E-state index in [0.717, 1.165) is 0 Å². The summed E-state index contributed by atoms with van der Waals surface area (Å²) in [5.41, 5.74) is 0. The van der Waals surface area contributed by atoms with Crippen LogP contribution in [0, 0.1) is 17.5 Å². The van der Waals surface area contributed by atoms with Crippen LogP contribution < -0.4 is 5.19 Å². The first kappa shape index (κ1) is 16.2. The largest absolute Gasteiger partial charge is 0.538 e. The minimum atomic E-state index is -4.13. The quantitative estimate of drug-likeness (QED) is 0.667. The zero-order valence-corrected chi connectivity index (χ0v) is 12.2. The SMILES string of the molecule is CC(C)O[Si](O)(OC(C)C)c1cc(F)c(F)cc1F. The first-order valence-electron chi connectivity index (χ1n) is 5.88. The number of halogens is 3. The van der Waals surface area contributed by atoms with Crippen LogP contribution in [0.4, 0.5) is 13.2 Å². The highest BCUT2D eigenvalue weighted by Gasteiger charge is 2.45. The van der Waals surface area contributed by atoms with Gasteiger partial charge in [-0.1, -0.05) is 0 Å². The molecule has 0 heterocycles. The molecule has 0 bridgehead atoms. The molecule has 0 aliphatic rings. The Morgan fingerprint density at radius 2 is 1.32 bits per heavy atom. The van der Waals surface area contributed by atoms with Crippen LogP contribution in [0.3, 0.4) is 0 Å². The smallest absolute Gasteiger partial charge is 0.386 e. The van der Waals surface area contributed by atoms with Crippen LogP contribution in [0.2, 0.25) is 0 Å². The fourth-order valence-electron chi connectivity index (χ4n) is 1.56. The summed E-state index contributed by atoms with van der Waals surface area (Å²) in [4.78, 5) is 10.4. The summed E-state index contributed by atoms with van der Waals surface area (Å²) in [5.74, 6) is -3.68. The van der Waals surface area contributed by atoms with Crippen LogP contribution in [-0.4, -0.2) is 25.8 Å². The fourth-order valence-corrected chi connectivity index (χ4v) is 3.83. The fraction of sp³-hybridized carbons (Fsp3) is 0.500. The minimum Gasteiger partial charge on any atom is -0.386 e. The molecule has 1 aromatic rings. The van der Waals surface area contributed by atoms with Crippen molar-refractivity contribution in [3.05, 3.63) is 29.6 Å². The van der Waals surface area contributed by atoms with Crippen molar-refractivity contribution in [2.75, 3.05) is 0 Å². The van der Waals surface area contributed by atoms with E-state index in [4.69, 9.17) is 8.85 Å². The van der Waals surface area contributed by atoms with Gasteiger partial charge in [0.1, 0.15) is 5.82 Å². The Labute approximate surface area is 111 Å². The second-order valence-corrected chi connectivity index (χ2v) is 6.83. The summed E-state index contributed by atoms with van der Waals surface area (Å²) in [7, 11) is -4.13. The minimum absolute atomic E-state index is 0.371. The van der Waals surface area contributed by atoms with Gasteiger partial charge in [0.25, 0.3) is 0 Å². The molecule has 0 spiro atoms. The lowest BCUT2D eigenvalue weighted by Gasteiger charge is -2.28. The van der Waals surface area contributed by atoms with E-state index in [1.54, 1.807) is 27.7 Å². The Morgan fingerprint density at radius 1 is 0.895 bits per heavy atom. The Kier molecular flexibility index (Phi) is 5.14. The molecule has 0 fully saturated rings. The van der Waals surface area contributed by atoms with Crippen LogP contribution in [0.25, 0.3) is 0 Å². The average molecular weight is 294 g/mol. The molecule has 19 heavy (non-hydrogen) atoms. The van der Waals surface area contributed by atoms with Gasteiger partial charge in [0.15, 0.2) is 11.6 Å². The molecule has 3 nitrogen and oxygen atoms in total. The van der Waals surface area contributed by atoms with E-state index >= 15 is 0 Å². The van der Waals surface area contributed by atoms with Gasteiger partial charge in [-0.3, -0.25) is 0 Å². The van der Waals surface area contributed by atoms with Crippen molar-refractivity contribution in [1.29, 1.82) is 0 Å². The van der Waals surface area contributed by atoms with E-state index < -0.39 is 43.7 Å². The van der Waals surface area contributed by atoms with Gasteiger partial charge in [0.2, 0.25) is 0 Å². The van der Waals surface area contributed by atoms with Crippen molar-refractivity contribution in [3.63, 3.8) is 0 Å². The molecule has 0 unspecified atom stereocenters. The molecule has 0 radical (unpaired) electrons. The van der Waals surface area contributed by atoms with E-state index in [1.807, 2.05) is 0 Å². The van der Waals surface area contributed by atoms with Gasteiger partial charge in [-0.15, -0.1) is 0 Å². The van der Waals surface area contributed by atoms with E-state index in [1.165, 1.54) is 0 Å². The molecular weight excluding hydrogens is 277 g/mol. The molecule has 0 saturated heterocycles. The highest BCUT2D eigenvalue weighted by Crippen LogP contribution is 2.15. The van der Waals surface area contributed by atoms with E-state index in [2.05, 4.69) is 0 Å². The third-order valence-electron chi connectivity index (χ3n) is 2.14. The van der Waals surface area contributed by atoms with E-state index in [-0.39, 0.29) is 0 Å². The van der Waals surface area contributed by atoms with Gasteiger partial charge in [0.05, 0.1) is 5.19 Å². The molecule has 0 aliphatic heterocycles.